The molecule has 3 rings (SSSR count). The van der Waals surface area contributed by atoms with Gasteiger partial charge >= 0.3 is 5.97 Å². The molecule has 1 aliphatic heterocycles. The zero-order valence-electron chi connectivity index (χ0n) is 13.0. The minimum absolute atomic E-state index is 0.108. The average Bonchev–Trinajstić information content (AvgIpc) is 3.25. The number of thiophene rings is 1. The van der Waals surface area contributed by atoms with Crippen molar-refractivity contribution in [1.82, 2.24) is 4.90 Å². The molecule has 5 nitrogen and oxygen atoms in total. The quantitative estimate of drug-likeness (QED) is 0.797. The van der Waals surface area contributed by atoms with Crippen LogP contribution in [0.2, 0.25) is 0 Å². The molecule has 0 unspecified atom stereocenters. The topological polar surface area (TPSA) is 55.8 Å². The summed E-state index contributed by atoms with van der Waals surface area (Å²) in [5.41, 5.74) is 0. The fourth-order valence-corrected chi connectivity index (χ4v) is 3.41. The smallest absolute Gasteiger partial charge is 0.328 e. The van der Waals surface area contributed by atoms with Crippen LogP contribution in [0.5, 0.6) is 5.75 Å². The molecule has 126 valence electrons. The average molecular weight is 349 g/mol. The molecule has 0 bridgehead atoms. The number of ether oxygens (including phenoxy) is 2. The molecule has 1 saturated heterocycles. The van der Waals surface area contributed by atoms with Crippen LogP contribution in [0.25, 0.3) is 0 Å². The lowest BCUT2D eigenvalue weighted by molar-refractivity contribution is -0.145. The molecule has 7 heteroatoms. The Morgan fingerprint density at radius 1 is 1.25 bits per heavy atom. The number of hydrogen-bond acceptors (Lipinski definition) is 5. The zero-order chi connectivity index (χ0) is 17.1. The Kier molecular flexibility index (Phi) is 4.80. The maximum absolute atomic E-state index is 13.7. The Hall–Kier alpha value is -2.41. The van der Waals surface area contributed by atoms with Gasteiger partial charge in [0.1, 0.15) is 12.1 Å². The van der Waals surface area contributed by atoms with Crippen LogP contribution >= 0.6 is 11.3 Å². The van der Waals surface area contributed by atoms with Gasteiger partial charge in [0.25, 0.3) is 5.91 Å². The van der Waals surface area contributed by atoms with Crippen molar-refractivity contribution < 1.29 is 23.5 Å². The number of esters is 1. The number of carbonyl (C=O) groups is 2. The molecule has 0 N–H and O–H groups in total. The second kappa shape index (κ2) is 7.00. The van der Waals surface area contributed by atoms with E-state index in [0.717, 1.165) is 0 Å². The van der Waals surface area contributed by atoms with Gasteiger partial charge in [-0.1, -0.05) is 18.2 Å². The first-order valence-corrected chi connectivity index (χ1v) is 8.31. The number of carbonyl (C=O) groups excluding carboxylic acids is 2. The van der Waals surface area contributed by atoms with Crippen LogP contribution in [0.3, 0.4) is 0 Å². The van der Waals surface area contributed by atoms with Gasteiger partial charge in [-0.05, 0) is 23.6 Å². The highest BCUT2D eigenvalue weighted by Crippen LogP contribution is 2.27. The van der Waals surface area contributed by atoms with E-state index < -0.39 is 23.9 Å². The zero-order valence-corrected chi connectivity index (χ0v) is 13.8. The van der Waals surface area contributed by atoms with Crippen molar-refractivity contribution in [2.45, 2.75) is 18.6 Å². The lowest BCUT2D eigenvalue weighted by atomic mass is 10.2. The fourth-order valence-electron chi connectivity index (χ4n) is 2.73. The largest absolute Gasteiger partial charge is 0.485 e. The Bertz CT molecular complexity index is 734. The molecule has 1 aromatic heterocycles. The van der Waals surface area contributed by atoms with Crippen LogP contribution < -0.4 is 4.74 Å². The summed E-state index contributed by atoms with van der Waals surface area (Å²) >= 11 is 1.30. The van der Waals surface area contributed by atoms with Crippen LogP contribution in [0.1, 0.15) is 16.1 Å². The molecule has 2 heterocycles. The summed E-state index contributed by atoms with van der Waals surface area (Å²) < 4.78 is 24.2. The number of rotatable bonds is 4. The van der Waals surface area contributed by atoms with Crippen molar-refractivity contribution in [2.24, 2.45) is 0 Å². The number of benzene rings is 1. The SMILES string of the molecule is COC(=O)[C@@H]1C[C@@H](Oc2ccccc2F)CN1C(=O)c1cccs1. The Labute approximate surface area is 142 Å². The third-order valence-corrected chi connectivity index (χ3v) is 4.72. The van der Waals surface area contributed by atoms with Crippen LogP contribution in [-0.4, -0.2) is 42.6 Å². The van der Waals surface area contributed by atoms with Crippen molar-refractivity contribution in [3.63, 3.8) is 0 Å². The van der Waals surface area contributed by atoms with Gasteiger partial charge in [-0.2, -0.15) is 0 Å². The standard InChI is InChI=1S/C17H16FNO4S/c1-22-17(21)13-9-11(23-14-6-3-2-5-12(14)18)10-19(13)16(20)15-7-4-8-24-15/h2-8,11,13H,9-10H2,1H3/t11-,13+/m1/s1. The molecular formula is C17H16FNO4S. The lowest BCUT2D eigenvalue weighted by Crippen LogP contribution is -2.41. The number of methoxy groups -OCH3 is 1. The normalized spacial score (nSPS) is 20.0. The number of para-hydroxylation sites is 1. The van der Waals surface area contributed by atoms with E-state index >= 15 is 0 Å². The summed E-state index contributed by atoms with van der Waals surface area (Å²) in [7, 11) is 1.28. The summed E-state index contributed by atoms with van der Waals surface area (Å²) in [6, 6.07) is 8.80. The number of hydrogen-bond donors (Lipinski definition) is 0. The van der Waals surface area contributed by atoms with Gasteiger partial charge in [0.2, 0.25) is 0 Å². The van der Waals surface area contributed by atoms with E-state index in [-0.39, 0.29) is 24.6 Å². The van der Waals surface area contributed by atoms with Crippen molar-refractivity contribution in [2.75, 3.05) is 13.7 Å². The Morgan fingerprint density at radius 3 is 2.71 bits per heavy atom. The van der Waals surface area contributed by atoms with Crippen molar-refractivity contribution in [3.05, 3.63) is 52.5 Å². The first kappa shape index (κ1) is 16.4. The van der Waals surface area contributed by atoms with Crippen LogP contribution in [-0.2, 0) is 9.53 Å². The van der Waals surface area contributed by atoms with Crippen LogP contribution in [0, 0.1) is 5.82 Å². The molecule has 0 aliphatic carbocycles. The molecule has 1 fully saturated rings. The monoisotopic (exact) mass is 349 g/mol. The number of likely N-dealkylation sites (tertiary alicyclic amines) is 1. The van der Waals surface area contributed by atoms with Crippen molar-refractivity contribution in [1.29, 1.82) is 0 Å². The van der Waals surface area contributed by atoms with Crippen molar-refractivity contribution >= 4 is 23.2 Å². The summed E-state index contributed by atoms with van der Waals surface area (Å²) in [6.45, 7) is 0.199. The van der Waals surface area contributed by atoms with E-state index in [1.807, 2.05) is 0 Å². The predicted molar refractivity (Wildman–Crippen MR) is 86.6 cm³/mol. The van der Waals surface area contributed by atoms with Gasteiger partial charge < -0.3 is 14.4 Å². The molecule has 2 aromatic rings. The van der Waals surface area contributed by atoms with Crippen molar-refractivity contribution in [3.8, 4) is 5.75 Å². The third kappa shape index (κ3) is 3.26. The van der Waals surface area contributed by atoms with E-state index in [4.69, 9.17) is 9.47 Å². The molecule has 1 aromatic carbocycles. The molecule has 1 aliphatic rings. The Morgan fingerprint density at radius 2 is 2.04 bits per heavy atom. The van der Waals surface area contributed by atoms with E-state index in [1.54, 1.807) is 29.6 Å². The summed E-state index contributed by atoms with van der Waals surface area (Å²) in [4.78, 5) is 26.6. The highest BCUT2D eigenvalue weighted by atomic mass is 32.1. The first-order chi connectivity index (χ1) is 11.6. The maximum Gasteiger partial charge on any atom is 0.328 e. The van der Waals surface area contributed by atoms with Crippen LogP contribution in [0.4, 0.5) is 4.39 Å². The van der Waals surface area contributed by atoms with Gasteiger partial charge in [-0.3, -0.25) is 4.79 Å². The summed E-state index contributed by atoms with van der Waals surface area (Å²) in [6.07, 6.45) is -0.215. The van der Waals surface area contributed by atoms with E-state index in [2.05, 4.69) is 0 Å². The molecule has 24 heavy (non-hydrogen) atoms. The van der Waals surface area contributed by atoms with Crippen LogP contribution in [0.15, 0.2) is 41.8 Å². The highest BCUT2D eigenvalue weighted by molar-refractivity contribution is 7.12. The second-order valence-electron chi connectivity index (χ2n) is 5.38. The van der Waals surface area contributed by atoms with Gasteiger partial charge in [-0.25, -0.2) is 9.18 Å². The fraction of sp³-hybridized carbons (Fsp3) is 0.294. The summed E-state index contributed by atoms with van der Waals surface area (Å²) in [5, 5.41) is 1.80. The molecule has 1 amide bonds. The molecule has 0 spiro atoms. The number of nitrogens with zero attached hydrogens (tertiary/aromatic N) is 1. The Balaban J connectivity index is 1.79. The predicted octanol–water partition coefficient (Wildman–Crippen LogP) is 2.72. The first-order valence-electron chi connectivity index (χ1n) is 7.43. The summed E-state index contributed by atoms with van der Waals surface area (Å²) in [5.74, 6) is -1.12. The van der Waals surface area contributed by atoms with Gasteiger partial charge in [-0.15, -0.1) is 11.3 Å². The number of amides is 1. The molecule has 2 atom stereocenters. The minimum Gasteiger partial charge on any atom is -0.485 e. The molecule has 0 saturated carbocycles. The third-order valence-electron chi connectivity index (χ3n) is 3.86. The lowest BCUT2D eigenvalue weighted by Gasteiger charge is -2.21. The van der Waals surface area contributed by atoms with E-state index in [1.165, 1.54) is 35.5 Å². The van der Waals surface area contributed by atoms with Gasteiger partial charge in [0.05, 0.1) is 18.5 Å². The molecular weight excluding hydrogens is 333 g/mol. The second-order valence-corrected chi connectivity index (χ2v) is 6.33. The minimum atomic E-state index is -0.735. The van der Waals surface area contributed by atoms with E-state index in [0.29, 0.717) is 4.88 Å². The van der Waals surface area contributed by atoms with E-state index in [9.17, 15) is 14.0 Å². The van der Waals surface area contributed by atoms with Gasteiger partial charge in [0.15, 0.2) is 11.6 Å². The highest BCUT2D eigenvalue weighted by Gasteiger charge is 2.42. The maximum atomic E-state index is 13.7. The number of halogens is 1. The molecule has 0 radical (unpaired) electrons. The van der Waals surface area contributed by atoms with Gasteiger partial charge in [0, 0.05) is 6.42 Å².